The topological polar surface area (TPSA) is 97.4 Å². The first-order valence-corrected chi connectivity index (χ1v) is 13.0. The minimum absolute atomic E-state index is 0.123. The van der Waals surface area contributed by atoms with E-state index in [0.29, 0.717) is 22.6 Å². The fourth-order valence-corrected chi connectivity index (χ4v) is 4.70. The number of hydrogen-bond acceptors (Lipinski definition) is 5. The predicted molar refractivity (Wildman–Crippen MR) is 120 cm³/mol. The van der Waals surface area contributed by atoms with Crippen LogP contribution in [0.15, 0.2) is 82.6 Å². The molecule has 0 fully saturated rings. The Morgan fingerprint density at radius 2 is 1.45 bits per heavy atom. The monoisotopic (exact) mass is 477 g/mol. The molecule has 0 bridgehead atoms. The van der Waals surface area contributed by atoms with Crippen LogP contribution in [0.1, 0.15) is 21.5 Å². The zero-order valence-corrected chi connectivity index (χ0v) is 19.0. The minimum Gasteiger partial charge on any atom is -0.289 e. The zero-order chi connectivity index (χ0) is 22.6. The molecule has 1 N–H and O–H groups in total. The first kappa shape index (κ1) is 23.1. The van der Waals surface area contributed by atoms with E-state index in [1.807, 2.05) is 0 Å². The summed E-state index contributed by atoms with van der Waals surface area (Å²) in [7, 11) is -6.99. The lowest BCUT2D eigenvalue weighted by molar-refractivity contribution is 0.103. The van der Waals surface area contributed by atoms with Gasteiger partial charge in [-0.2, -0.15) is 0 Å². The third-order valence-electron chi connectivity index (χ3n) is 4.56. The van der Waals surface area contributed by atoms with Gasteiger partial charge < -0.3 is 0 Å². The van der Waals surface area contributed by atoms with Crippen molar-refractivity contribution < 1.29 is 21.6 Å². The molecule has 3 rings (SSSR count). The van der Waals surface area contributed by atoms with E-state index in [0.717, 1.165) is 11.8 Å². The molecule has 3 aromatic carbocycles. The highest BCUT2D eigenvalue weighted by Gasteiger charge is 2.14. The summed E-state index contributed by atoms with van der Waals surface area (Å²) in [6, 6.07) is 18.5. The van der Waals surface area contributed by atoms with E-state index in [-0.39, 0.29) is 22.1 Å². The molecule has 0 spiro atoms. The smallest absolute Gasteiger partial charge is 0.240 e. The summed E-state index contributed by atoms with van der Waals surface area (Å²) in [5, 5.41) is 0.450. The molecule has 0 amide bonds. The van der Waals surface area contributed by atoms with Crippen LogP contribution in [0.2, 0.25) is 5.02 Å². The first-order valence-electron chi connectivity index (χ1n) is 9.25. The van der Waals surface area contributed by atoms with Crippen LogP contribution in [0.25, 0.3) is 0 Å². The van der Waals surface area contributed by atoms with Crippen LogP contribution in [-0.2, 0) is 26.3 Å². The molecular weight excluding hydrogens is 458 g/mol. The molecule has 0 saturated carbocycles. The molecule has 0 saturated heterocycles. The Labute approximate surface area is 186 Å². The van der Waals surface area contributed by atoms with Gasteiger partial charge in [0.05, 0.1) is 9.79 Å². The second-order valence-electron chi connectivity index (χ2n) is 6.93. The highest BCUT2D eigenvalue weighted by molar-refractivity contribution is 7.90. The zero-order valence-electron chi connectivity index (χ0n) is 16.6. The predicted octanol–water partition coefficient (Wildman–Crippen LogP) is 3.50. The van der Waals surface area contributed by atoms with Gasteiger partial charge in [0, 0.05) is 29.0 Å². The number of hydrogen-bond donors (Lipinski definition) is 1. The number of sulfone groups is 1. The van der Waals surface area contributed by atoms with Crippen molar-refractivity contribution in [3.63, 3.8) is 0 Å². The molecule has 0 aliphatic carbocycles. The van der Waals surface area contributed by atoms with Crippen LogP contribution in [-0.4, -0.2) is 35.4 Å². The van der Waals surface area contributed by atoms with Crippen molar-refractivity contribution in [1.29, 1.82) is 0 Å². The lowest BCUT2D eigenvalue weighted by atomic mass is 10.0. The van der Waals surface area contributed by atoms with Crippen molar-refractivity contribution in [3.05, 3.63) is 94.5 Å². The highest BCUT2D eigenvalue weighted by Crippen LogP contribution is 2.16. The number of ketones is 1. The summed E-state index contributed by atoms with van der Waals surface area (Å²) in [4.78, 5) is 13.0. The van der Waals surface area contributed by atoms with Crippen LogP contribution < -0.4 is 4.72 Å². The van der Waals surface area contributed by atoms with E-state index in [9.17, 15) is 21.6 Å². The molecule has 0 atom stereocenters. The summed E-state index contributed by atoms with van der Waals surface area (Å²) < 4.78 is 50.3. The van der Waals surface area contributed by atoms with Crippen LogP contribution >= 0.6 is 11.6 Å². The van der Waals surface area contributed by atoms with Gasteiger partial charge in [0.1, 0.15) is 0 Å². The van der Waals surface area contributed by atoms with Gasteiger partial charge in [-0.15, -0.1) is 0 Å². The molecule has 162 valence electrons. The maximum absolute atomic E-state index is 12.7. The number of sulfonamides is 1. The van der Waals surface area contributed by atoms with Crippen molar-refractivity contribution in [2.24, 2.45) is 0 Å². The Morgan fingerprint density at radius 3 is 2.06 bits per heavy atom. The SMILES string of the molecule is CS(=O)(=O)c1ccc(C(=O)c2cccc(CCNS(=O)(=O)c3ccc(Cl)cc3)c2)cc1. The van der Waals surface area contributed by atoms with Gasteiger partial charge >= 0.3 is 0 Å². The van der Waals surface area contributed by atoms with E-state index in [4.69, 9.17) is 11.6 Å². The van der Waals surface area contributed by atoms with Crippen molar-refractivity contribution in [2.45, 2.75) is 16.2 Å². The van der Waals surface area contributed by atoms with Crippen LogP contribution in [0.3, 0.4) is 0 Å². The molecule has 6 nitrogen and oxygen atoms in total. The van der Waals surface area contributed by atoms with Gasteiger partial charge in [-0.25, -0.2) is 21.6 Å². The van der Waals surface area contributed by atoms with Crippen LogP contribution in [0, 0.1) is 0 Å². The summed E-state index contributed by atoms with van der Waals surface area (Å²) in [6.07, 6.45) is 1.50. The standard InChI is InChI=1S/C22H20ClNO5S2/c1-30(26,27)20-9-5-17(6-10-20)22(25)18-4-2-3-16(15-18)13-14-24-31(28,29)21-11-7-19(23)8-12-21/h2-12,15,24H,13-14H2,1H3. The molecule has 0 unspecified atom stereocenters. The van der Waals surface area contributed by atoms with Gasteiger partial charge in [0.2, 0.25) is 10.0 Å². The number of nitrogens with one attached hydrogen (secondary N) is 1. The Hall–Kier alpha value is -2.52. The Bertz CT molecular complexity index is 1300. The molecule has 0 aliphatic rings. The average molecular weight is 478 g/mol. The molecule has 9 heteroatoms. The maximum atomic E-state index is 12.7. The quantitative estimate of drug-likeness (QED) is 0.501. The van der Waals surface area contributed by atoms with Crippen LogP contribution in [0.4, 0.5) is 0 Å². The van der Waals surface area contributed by atoms with Crippen molar-refractivity contribution >= 4 is 37.2 Å². The van der Waals surface area contributed by atoms with Gasteiger partial charge in [0.25, 0.3) is 0 Å². The van der Waals surface area contributed by atoms with E-state index in [1.165, 1.54) is 48.5 Å². The number of rotatable bonds is 8. The molecule has 0 aliphatic heterocycles. The molecule has 0 heterocycles. The largest absolute Gasteiger partial charge is 0.289 e. The lowest BCUT2D eigenvalue weighted by Crippen LogP contribution is -2.26. The Balaban J connectivity index is 1.67. The molecule has 31 heavy (non-hydrogen) atoms. The summed E-state index contributed by atoms with van der Waals surface area (Å²) in [6.45, 7) is 0.158. The maximum Gasteiger partial charge on any atom is 0.240 e. The van der Waals surface area contributed by atoms with E-state index in [1.54, 1.807) is 24.3 Å². The van der Waals surface area contributed by atoms with E-state index >= 15 is 0 Å². The van der Waals surface area contributed by atoms with Crippen molar-refractivity contribution in [3.8, 4) is 0 Å². The number of carbonyl (C=O) groups is 1. The number of carbonyl (C=O) groups excluding carboxylic acids is 1. The lowest BCUT2D eigenvalue weighted by Gasteiger charge is -2.08. The first-order chi connectivity index (χ1) is 14.6. The molecule has 0 radical (unpaired) electrons. The van der Waals surface area contributed by atoms with Crippen molar-refractivity contribution in [1.82, 2.24) is 4.72 Å². The Kier molecular flexibility index (Phi) is 6.96. The van der Waals surface area contributed by atoms with E-state index in [2.05, 4.69) is 4.72 Å². The van der Waals surface area contributed by atoms with Crippen LogP contribution in [0.5, 0.6) is 0 Å². The third kappa shape index (κ3) is 6.01. The normalized spacial score (nSPS) is 11.9. The second kappa shape index (κ2) is 9.32. The molecular formula is C22H20ClNO5S2. The summed E-state index contributed by atoms with van der Waals surface area (Å²) in [5.74, 6) is -0.247. The summed E-state index contributed by atoms with van der Waals surface area (Å²) in [5.41, 5.74) is 1.59. The average Bonchev–Trinajstić information content (AvgIpc) is 2.73. The fraction of sp³-hybridized carbons (Fsp3) is 0.136. The molecule has 3 aromatic rings. The van der Waals surface area contributed by atoms with Gasteiger partial charge in [-0.3, -0.25) is 4.79 Å². The second-order valence-corrected chi connectivity index (χ2v) is 11.1. The minimum atomic E-state index is -3.66. The van der Waals surface area contributed by atoms with Gasteiger partial charge in [0.15, 0.2) is 15.6 Å². The van der Waals surface area contributed by atoms with Gasteiger partial charge in [-0.1, -0.05) is 29.8 Å². The highest BCUT2D eigenvalue weighted by atomic mass is 35.5. The Morgan fingerprint density at radius 1 is 0.839 bits per heavy atom. The number of benzene rings is 3. The van der Waals surface area contributed by atoms with E-state index < -0.39 is 19.9 Å². The van der Waals surface area contributed by atoms with Crippen molar-refractivity contribution in [2.75, 3.05) is 12.8 Å². The van der Waals surface area contributed by atoms with Gasteiger partial charge in [-0.05, 0) is 66.6 Å². The fourth-order valence-electron chi connectivity index (χ4n) is 2.92. The summed E-state index contributed by atoms with van der Waals surface area (Å²) >= 11 is 5.79. The molecule has 0 aromatic heterocycles. The number of halogens is 1. The third-order valence-corrected chi connectivity index (χ3v) is 7.42.